The second kappa shape index (κ2) is 5.38. The summed E-state index contributed by atoms with van der Waals surface area (Å²) in [7, 11) is -4.01. The number of hydrogen-bond acceptors (Lipinski definition) is 4. The van der Waals surface area contributed by atoms with Crippen molar-refractivity contribution in [1.82, 2.24) is 9.84 Å². The molecule has 4 rings (SSSR count). The van der Waals surface area contributed by atoms with E-state index in [4.69, 9.17) is 0 Å². The van der Waals surface area contributed by atoms with Crippen LogP contribution in [-0.2, 0) is 25.2 Å². The van der Waals surface area contributed by atoms with Gasteiger partial charge in [0.2, 0.25) is 0 Å². The van der Waals surface area contributed by atoms with Gasteiger partial charge in [0.1, 0.15) is 4.83 Å². The zero-order valence-electron chi connectivity index (χ0n) is 12.6. The Morgan fingerprint density at radius 3 is 2.40 bits per heavy atom. The summed E-state index contributed by atoms with van der Waals surface area (Å²) in [5.74, 6) is -1.00. The zero-order chi connectivity index (χ0) is 17.8. The van der Waals surface area contributed by atoms with Gasteiger partial charge in [0.05, 0.1) is 4.90 Å². The average molecular weight is 422 g/mol. The molecule has 7 nitrogen and oxygen atoms in total. The van der Waals surface area contributed by atoms with Crippen molar-refractivity contribution in [3.63, 3.8) is 0 Å². The lowest BCUT2D eigenvalue weighted by atomic mass is 9.80. The summed E-state index contributed by atoms with van der Waals surface area (Å²) >= 11 is 3.24. The third kappa shape index (κ3) is 2.09. The number of fused-ring (bicyclic) bond motifs is 2. The van der Waals surface area contributed by atoms with E-state index in [1.54, 1.807) is 42.5 Å². The number of amides is 2. The first-order chi connectivity index (χ1) is 11.9. The Morgan fingerprint density at radius 1 is 1.04 bits per heavy atom. The van der Waals surface area contributed by atoms with Crippen LogP contribution in [0.3, 0.4) is 0 Å². The molecule has 0 aliphatic carbocycles. The van der Waals surface area contributed by atoms with Gasteiger partial charge in [0.15, 0.2) is 5.54 Å². The van der Waals surface area contributed by atoms with Crippen molar-refractivity contribution in [2.75, 3.05) is 5.32 Å². The Bertz CT molecular complexity index is 995. The number of para-hydroxylation sites is 1. The van der Waals surface area contributed by atoms with E-state index in [9.17, 15) is 18.0 Å². The molecule has 2 aromatic carbocycles. The molecule has 25 heavy (non-hydrogen) atoms. The molecule has 2 atom stereocenters. The predicted octanol–water partition coefficient (Wildman–Crippen LogP) is 1.33. The highest BCUT2D eigenvalue weighted by atomic mass is 79.9. The lowest BCUT2D eigenvalue weighted by Gasteiger charge is -2.50. The maximum absolute atomic E-state index is 12.7. The molecule has 2 N–H and O–H groups in total. The SMILES string of the molecule is O=C1C(Br)C2(C(=O)Nc3ccccc32)N1NS(=O)(=O)c1ccccc1. The van der Waals surface area contributed by atoms with E-state index in [0.717, 1.165) is 5.01 Å². The summed E-state index contributed by atoms with van der Waals surface area (Å²) in [6.45, 7) is 0. The molecular formula is C16H12BrN3O4S. The summed E-state index contributed by atoms with van der Waals surface area (Å²) in [6.07, 6.45) is 0. The van der Waals surface area contributed by atoms with Crippen LogP contribution in [0.5, 0.6) is 0 Å². The molecule has 0 aromatic heterocycles. The topological polar surface area (TPSA) is 95.6 Å². The number of nitrogens with zero attached hydrogens (tertiary/aromatic N) is 1. The molecule has 2 aliphatic heterocycles. The van der Waals surface area contributed by atoms with E-state index in [-0.39, 0.29) is 4.90 Å². The van der Waals surface area contributed by atoms with Gasteiger partial charge in [0, 0.05) is 11.3 Å². The molecule has 2 aliphatic rings. The summed E-state index contributed by atoms with van der Waals surface area (Å²) in [6, 6.07) is 14.5. The number of sulfonamides is 1. The van der Waals surface area contributed by atoms with Gasteiger partial charge in [-0.05, 0) is 18.2 Å². The third-order valence-corrected chi connectivity index (χ3v) is 6.72. The predicted molar refractivity (Wildman–Crippen MR) is 93.1 cm³/mol. The quantitative estimate of drug-likeness (QED) is 0.577. The van der Waals surface area contributed by atoms with Gasteiger partial charge in [-0.25, -0.2) is 13.4 Å². The Kier molecular flexibility index (Phi) is 3.50. The van der Waals surface area contributed by atoms with Crippen LogP contribution in [0.25, 0.3) is 0 Å². The van der Waals surface area contributed by atoms with E-state index in [1.165, 1.54) is 12.1 Å². The van der Waals surface area contributed by atoms with E-state index < -0.39 is 32.2 Å². The van der Waals surface area contributed by atoms with Gasteiger partial charge in [-0.15, -0.1) is 4.83 Å². The molecule has 9 heteroatoms. The van der Waals surface area contributed by atoms with Crippen LogP contribution in [-0.4, -0.2) is 30.1 Å². The summed E-state index contributed by atoms with van der Waals surface area (Å²) in [4.78, 5) is 26.4. The number of alkyl halides is 1. The number of hydrazine groups is 1. The normalized spacial score (nSPS) is 24.8. The van der Waals surface area contributed by atoms with Gasteiger partial charge >= 0.3 is 0 Å². The first kappa shape index (κ1) is 16.2. The van der Waals surface area contributed by atoms with Crippen molar-refractivity contribution in [2.45, 2.75) is 15.3 Å². The fourth-order valence-corrected chi connectivity index (χ4v) is 5.10. The highest BCUT2D eigenvalue weighted by Gasteiger charge is 2.69. The van der Waals surface area contributed by atoms with E-state index in [0.29, 0.717) is 11.3 Å². The van der Waals surface area contributed by atoms with Gasteiger partial charge in [-0.1, -0.05) is 52.3 Å². The van der Waals surface area contributed by atoms with Crippen LogP contribution in [0.4, 0.5) is 5.69 Å². The number of halogens is 1. The van der Waals surface area contributed by atoms with Crippen molar-refractivity contribution in [3.05, 3.63) is 60.2 Å². The monoisotopic (exact) mass is 421 g/mol. The van der Waals surface area contributed by atoms with Crippen LogP contribution in [0, 0.1) is 0 Å². The van der Waals surface area contributed by atoms with Crippen LogP contribution >= 0.6 is 15.9 Å². The number of anilines is 1. The van der Waals surface area contributed by atoms with Crippen molar-refractivity contribution in [3.8, 4) is 0 Å². The van der Waals surface area contributed by atoms with Crippen LogP contribution in [0.1, 0.15) is 5.56 Å². The number of β-lactam (4-membered cyclic amide) rings is 1. The maximum atomic E-state index is 12.7. The van der Waals surface area contributed by atoms with Crippen molar-refractivity contribution in [2.24, 2.45) is 0 Å². The van der Waals surface area contributed by atoms with E-state index in [2.05, 4.69) is 26.1 Å². The molecule has 0 saturated carbocycles. The van der Waals surface area contributed by atoms with Gasteiger partial charge in [-0.3, -0.25) is 9.59 Å². The number of carbonyl (C=O) groups is 2. The first-order valence-corrected chi connectivity index (χ1v) is 9.75. The van der Waals surface area contributed by atoms with Crippen molar-refractivity contribution in [1.29, 1.82) is 0 Å². The Hall–Kier alpha value is -2.23. The zero-order valence-corrected chi connectivity index (χ0v) is 15.0. The number of nitrogens with one attached hydrogen (secondary N) is 2. The van der Waals surface area contributed by atoms with Gasteiger partial charge < -0.3 is 5.32 Å². The second-order valence-corrected chi connectivity index (χ2v) is 8.29. The average Bonchev–Trinajstić information content (AvgIpc) is 2.93. The second-order valence-electron chi connectivity index (χ2n) is 5.71. The highest BCUT2D eigenvalue weighted by Crippen LogP contribution is 2.51. The fraction of sp³-hybridized carbons (Fsp3) is 0.125. The smallest absolute Gasteiger partial charge is 0.258 e. The largest absolute Gasteiger partial charge is 0.323 e. The fourth-order valence-electron chi connectivity index (χ4n) is 3.14. The third-order valence-electron chi connectivity index (χ3n) is 4.35. The number of carbonyl (C=O) groups excluding carboxylic acids is 2. The Morgan fingerprint density at radius 2 is 1.68 bits per heavy atom. The molecule has 2 aromatic rings. The molecule has 2 heterocycles. The van der Waals surface area contributed by atoms with Crippen molar-refractivity contribution < 1.29 is 18.0 Å². The van der Waals surface area contributed by atoms with Crippen LogP contribution < -0.4 is 10.1 Å². The minimum absolute atomic E-state index is 0.00247. The lowest BCUT2D eigenvalue weighted by Crippen LogP contribution is -2.76. The molecule has 1 fully saturated rings. The summed E-state index contributed by atoms with van der Waals surface area (Å²) < 4.78 is 25.2. The molecule has 1 spiro atoms. The molecule has 1 saturated heterocycles. The molecule has 2 amide bonds. The molecule has 0 bridgehead atoms. The number of benzene rings is 2. The Balaban J connectivity index is 1.78. The lowest BCUT2D eigenvalue weighted by molar-refractivity contribution is -0.165. The van der Waals surface area contributed by atoms with E-state index in [1.807, 2.05) is 0 Å². The first-order valence-electron chi connectivity index (χ1n) is 7.35. The highest BCUT2D eigenvalue weighted by molar-refractivity contribution is 9.10. The minimum atomic E-state index is -4.01. The molecule has 128 valence electrons. The van der Waals surface area contributed by atoms with Crippen LogP contribution in [0.2, 0.25) is 0 Å². The molecular weight excluding hydrogens is 410 g/mol. The summed E-state index contributed by atoms with van der Waals surface area (Å²) in [5, 5.41) is 3.58. The number of rotatable bonds is 3. The maximum Gasteiger partial charge on any atom is 0.258 e. The standard InChI is InChI=1S/C16H12BrN3O4S/c17-13-14(21)20(19-25(23,24)10-6-2-1-3-7-10)16(13)11-8-4-5-9-12(11)18-15(16)22/h1-9,13,19H,(H,18,22). The molecule has 0 radical (unpaired) electrons. The number of hydrogen-bond donors (Lipinski definition) is 2. The van der Waals surface area contributed by atoms with Gasteiger partial charge in [-0.2, -0.15) is 0 Å². The minimum Gasteiger partial charge on any atom is -0.323 e. The van der Waals surface area contributed by atoms with Crippen LogP contribution in [0.15, 0.2) is 59.5 Å². The molecule has 2 unspecified atom stereocenters. The van der Waals surface area contributed by atoms with Crippen molar-refractivity contribution >= 4 is 43.5 Å². The van der Waals surface area contributed by atoms with E-state index >= 15 is 0 Å². The van der Waals surface area contributed by atoms with Gasteiger partial charge in [0.25, 0.3) is 21.8 Å². The summed E-state index contributed by atoms with van der Waals surface area (Å²) in [5.41, 5.74) is -0.360. The Labute approximate surface area is 152 Å².